The van der Waals surface area contributed by atoms with E-state index in [4.69, 9.17) is 27.9 Å². The van der Waals surface area contributed by atoms with Gasteiger partial charge in [-0.3, -0.25) is 14.5 Å². The first-order valence-corrected chi connectivity index (χ1v) is 9.16. The van der Waals surface area contributed by atoms with Crippen LogP contribution in [0.15, 0.2) is 29.3 Å². The van der Waals surface area contributed by atoms with Crippen LogP contribution in [0.1, 0.15) is 13.8 Å². The molecular formula is C16H16Cl2N2O4S. The summed E-state index contributed by atoms with van der Waals surface area (Å²) in [6.07, 6.45) is 1.22. The van der Waals surface area contributed by atoms with Crippen molar-refractivity contribution in [3.05, 3.63) is 39.3 Å². The summed E-state index contributed by atoms with van der Waals surface area (Å²) in [4.78, 5) is 37.5. The van der Waals surface area contributed by atoms with Gasteiger partial charge in [-0.15, -0.1) is 0 Å². The number of hydrogen-bond acceptors (Lipinski definition) is 5. The van der Waals surface area contributed by atoms with Gasteiger partial charge in [0.2, 0.25) is 11.8 Å². The van der Waals surface area contributed by atoms with E-state index in [0.29, 0.717) is 15.7 Å². The maximum Gasteiger partial charge on any atom is 0.333 e. The van der Waals surface area contributed by atoms with Gasteiger partial charge < -0.3 is 10.1 Å². The van der Waals surface area contributed by atoms with Gasteiger partial charge in [0.25, 0.3) is 0 Å². The van der Waals surface area contributed by atoms with Crippen LogP contribution in [0.25, 0.3) is 0 Å². The fourth-order valence-corrected chi connectivity index (χ4v) is 3.59. The Labute approximate surface area is 159 Å². The lowest BCUT2D eigenvalue weighted by atomic mass is 10.2. The summed E-state index contributed by atoms with van der Waals surface area (Å²) in [5.41, 5.74) is 0.387. The fraction of sp³-hybridized carbons (Fsp3) is 0.312. The first-order valence-electron chi connectivity index (χ1n) is 7.42. The Kier molecular flexibility index (Phi) is 6.75. The van der Waals surface area contributed by atoms with Crippen molar-refractivity contribution in [1.29, 1.82) is 0 Å². The summed E-state index contributed by atoms with van der Waals surface area (Å²) in [6.45, 7) is 3.49. The van der Waals surface area contributed by atoms with Crippen molar-refractivity contribution >= 4 is 58.4 Å². The Morgan fingerprint density at radius 2 is 2.16 bits per heavy atom. The van der Waals surface area contributed by atoms with Gasteiger partial charge in [-0.05, 0) is 32.0 Å². The SMILES string of the molecule is CCOC(=O)/C=C1\SCC(=O)N1[C@H](C)C(=O)Nc1ccc(Cl)cc1Cl. The molecule has 0 aromatic heterocycles. The van der Waals surface area contributed by atoms with Crippen LogP contribution in [0, 0.1) is 0 Å². The second-order valence-corrected chi connectivity index (χ2v) is 6.92. The Morgan fingerprint density at radius 1 is 1.44 bits per heavy atom. The summed E-state index contributed by atoms with van der Waals surface area (Å²) in [7, 11) is 0. The number of thioether (sulfide) groups is 1. The number of nitrogens with one attached hydrogen (secondary N) is 1. The molecule has 0 radical (unpaired) electrons. The summed E-state index contributed by atoms with van der Waals surface area (Å²) in [5, 5.41) is 3.78. The number of halogens is 2. The molecule has 6 nitrogen and oxygen atoms in total. The normalized spacial score (nSPS) is 16.9. The Bertz CT molecular complexity index is 739. The van der Waals surface area contributed by atoms with Crippen LogP contribution in [-0.2, 0) is 19.1 Å². The predicted octanol–water partition coefficient (Wildman–Crippen LogP) is 3.30. The molecule has 0 unspecified atom stereocenters. The zero-order valence-corrected chi connectivity index (χ0v) is 15.9. The Hall–Kier alpha value is -1.70. The number of nitrogens with zero attached hydrogens (tertiary/aromatic N) is 1. The number of amides is 2. The average molecular weight is 403 g/mol. The molecule has 1 atom stereocenters. The molecule has 1 aromatic rings. The smallest absolute Gasteiger partial charge is 0.333 e. The van der Waals surface area contributed by atoms with Crippen molar-refractivity contribution in [3.8, 4) is 0 Å². The van der Waals surface area contributed by atoms with E-state index in [1.54, 1.807) is 26.0 Å². The highest BCUT2D eigenvalue weighted by Gasteiger charge is 2.35. The number of esters is 1. The van der Waals surface area contributed by atoms with Crippen LogP contribution >= 0.6 is 35.0 Å². The lowest BCUT2D eigenvalue weighted by Crippen LogP contribution is -2.42. The monoisotopic (exact) mass is 402 g/mol. The number of benzene rings is 1. The number of rotatable bonds is 5. The van der Waals surface area contributed by atoms with Gasteiger partial charge >= 0.3 is 5.97 Å². The van der Waals surface area contributed by atoms with E-state index in [1.807, 2.05) is 0 Å². The molecule has 25 heavy (non-hydrogen) atoms. The van der Waals surface area contributed by atoms with Crippen LogP contribution in [-0.4, -0.2) is 41.1 Å². The zero-order valence-electron chi connectivity index (χ0n) is 13.5. The van der Waals surface area contributed by atoms with E-state index >= 15 is 0 Å². The molecule has 1 heterocycles. The Morgan fingerprint density at radius 3 is 2.80 bits per heavy atom. The first kappa shape index (κ1) is 19.6. The third kappa shape index (κ3) is 4.90. The molecular weight excluding hydrogens is 387 g/mol. The minimum atomic E-state index is -0.824. The zero-order chi connectivity index (χ0) is 18.6. The van der Waals surface area contributed by atoms with Crippen LogP contribution in [0.2, 0.25) is 10.0 Å². The third-order valence-corrected chi connectivity index (χ3v) is 4.88. The molecule has 134 valence electrons. The Balaban J connectivity index is 2.15. The van der Waals surface area contributed by atoms with Gasteiger partial charge in [0.05, 0.1) is 34.2 Å². The highest BCUT2D eigenvalue weighted by molar-refractivity contribution is 8.04. The molecule has 1 aliphatic heterocycles. The first-order chi connectivity index (χ1) is 11.8. The topological polar surface area (TPSA) is 75.7 Å². The quantitative estimate of drug-likeness (QED) is 0.603. The number of carbonyl (C=O) groups is 3. The van der Waals surface area contributed by atoms with Gasteiger partial charge in [0.1, 0.15) is 6.04 Å². The molecule has 1 aliphatic rings. The number of ether oxygens (including phenoxy) is 1. The van der Waals surface area contributed by atoms with Crippen LogP contribution < -0.4 is 5.32 Å². The lowest BCUT2D eigenvalue weighted by molar-refractivity contribution is -0.137. The van der Waals surface area contributed by atoms with Crippen LogP contribution in [0.4, 0.5) is 5.69 Å². The minimum Gasteiger partial charge on any atom is -0.463 e. The van der Waals surface area contributed by atoms with Crippen molar-refractivity contribution in [2.45, 2.75) is 19.9 Å². The van der Waals surface area contributed by atoms with Crippen molar-refractivity contribution in [2.75, 3.05) is 17.7 Å². The van der Waals surface area contributed by atoms with Crippen LogP contribution in [0.3, 0.4) is 0 Å². The highest BCUT2D eigenvalue weighted by atomic mass is 35.5. The molecule has 1 fully saturated rings. The molecule has 0 bridgehead atoms. The van der Waals surface area contributed by atoms with Crippen molar-refractivity contribution < 1.29 is 19.1 Å². The largest absolute Gasteiger partial charge is 0.463 e. The minimum absolute atomic E-state index is 0.157. The van der Waals surface area contributed by atoms with Gasteiger partial charge in [-0.25, -0.2) is 4.79 Å². The van der Waals surface area contributed by atoms with Gasteiger partial charge in [0, 0.05) is 5.02 Å². The van der Waals surface area contributed by atoms with E-state index in [2.05, 4.69) is 5.32 Å². The summed E-state index contributed by atoms with van der Waals surface area (Å²) < 4.78 is 4.85. The second-order valence-electron chi connectivity index (χ2n) is 5.08. The molecule has 1 N–H and O–H groups in total. The molecule has 9 heteroatoms. The van der Waals surface area contributed by atoms with Gasteiger partial charge in [-0.2, -0.15) is 0 Å². The van der Waals surface area contributed by atoms with E-state index in [0.717, 1.165) is 0 Å². The fourth-order valence-electron chi connectivity index (χ4n) is 2.15. The standard InChI is InChI=1S/C16H16Cl2N2O4S/c1-3-24-15(22)7-14-20(13(21)8-25-14)9(2)16(23)19-12-5-4-10(17)6-11(12)18/h4-7,9H,3,8H2,1-2H3,(H,19,23)/b14-7-/t9-/m1/s1. The maximum atomic E-state index is 12.5. The van der Waals surface area contributed by atoms with E-state index < -0.39 is 17.9 Å². The summed E-state index contributed by atoms with van der Waals surface area (Å²) in [5.74, 6) is -1.09. The molecule has 0 saturated carbocycles. The third-order valence-electron chi connectivity index (χ3n) is 3.33. The molecule has 2 amide bonds. The molecule has 0 spiro atoms. The van der Waals surface area contributed by atoms with Crippen LogP contribution in [0.5, 0.6) is 0 Å². The molecule has 0 aliphatic carbocycles. The molecule has 1 saturated heterocycles. The average Bonchev–Trinajstić information content (AvgIpc) is 2.90. The van der Waals surface area contributed by atoms with E-state index in [-0.39, 0.29) is 23.3 Å². The molecule has 2 rings (SSSR count). The summed E-state index contributed by atoms with van der Waals surface area (Å²) in [6, 6.07) is 3.85. The predicted molar refractivity (Wildman–Crippen MR) is 98.6 cm³/mol. The number of hydrogen-bond donors (Lipinski definition) is 1. The number of carbonyl (C=O) groups excluding carboxylic acids is 3. The van der Waals surface area contributed by atoms with E-state index in [1.165, 1.54) is 28.8 Å². The highest BCUT2D eigenvalue weighted by Crippen LogP contribution is 2.32. The lowest BCUT2D eigenvalue weighted by Gasteiger charge is -2.24. The molecule has 1 aromatic carbocycles. The van der Waals surface area contributed by atoms with Crippen molar-refractivity contribution in [1.82, 2.24) is 4.90 Å². The summed E-state index contributed by atoms with van der Waals surface area (Å²) >= 11 is 13.1. The van der Waals surface area contributed by atoms with Gasteiger partial charge in [-0.1, -0.05) is 35.0 Å². The van der Waals surface area contributed by atoms with Crippen molar-refractivity contribution in [3.63, 3.8) is 0 Å². The number of anilines is 1. The van der Waals surface area contributed by atoms with Gasteiger partial charge in [0.15, 0.2) is 0 Å². The second kappa shape index (κ2) is 8.60. The van der Waals surface area contributed by atoms with E-state index in [9.17, 15) is 14.4 Å². The maximum absolute atomic E-state index is 12.5. The van der Waals surface area contributed by atoms with Crippen molar-refractivity contribution in [2.24, 2.45) is 0 Å².